The average Bonchev–Trinajstić information content (AvgIpc) is 2.39. The minimum absolute atomic E-state index is 0. The van der Waals surface area contributed by atoms with Crippen LogP contribution in [0.4, 0.5) is 11.4 Å². The summed E-state index contributed by atoms with van der Waals surface area (Å²) in [5, 5.41) is 5.64. The number of benzene rings is 1. The van der Waals surface area contributed by atoms with E-state index in [2.05, 4.69) is 10.6 Å². The van der Waals surface area contributed by atoms with Crippen LogP contribution in [0.2, 0.25) is 5.02 Å². The Morgan fingerprint density at radius 2 is 2.18 bits per heavy atom. The monoisotopic (exact) mass is 347 g/mol. The van der Waals surface area contributed by atoms with Crippen LogP contribution in [-0.2, 0) is 9.59 Å². The van der Waals surface area contributed by atoms with E-state index in [1.54, 1.807) is 6.07 Å². The van der Waals surface area contributed by atoms with Crippen molar-refractivity contribution in [3.63, 3.8) is 0 Å². The number of hydrogen-bond donors (Lipinski definition) is 3. The Morgan fingerprint density at radius 1 is 1.50 bits per heavy atom. The molecule has 2 rings (SSSR count). The summed E-state index contributed by atoms with van der Waals surface area (Å²) < 4.78 is 5.28. The highest BCUT2D eigenvalue weighted by atomic mass is 35.5. The number of carbonyl (C=O) groups is 2. The van der Waals surface area contributed by atoms with E-state index in [1.807, 2.05) is 13.8 Å². The highest BCUT2D eigenvalue weighted by Gasteiger charge is 2.21. The number of halogens is 2. The second-order valence-corrected chi connectivity index (χ2v) is 5.80. The van der Waals surface area contributed by atoms with Crippen LogP contribution < -0.4 is 21.1 Å². The standard InChI is InChI=1S/C14H18ClN3O3.ClH/c1-7(2)3-9(16)14(20)18-10-5-12-11(4-8(10)15)17-13(19)6-21-12;/h4-5,7,9H,3,6,16H2,1-2H3,(H,17,19)(H,18,20);1H/t9-;/m0./s1. The molecule has 1 aliphatic heterocycles. The fourth-order valence-corrected chi connectivity index (χ4v) is 2.25. The number of rotatable bonds is 4. The largest absolute Gasteiger partial charge is 0.482 e. The van der Waals surface area contributed by atoms with Gasteiger partial charge in [-0.2, -0.15) is 0 Å². The van der Waals surface area contributed by atoms with Gasteiger partial charge in [-0.15, -0.1) is 12.4 Å². The smallest absolute Gasteiger partial charge is 0.262 e. The summed E-state index contributed by atoms with van der Waals surface area (Å²) >= 11 is 6.10. The van der Waals surface area contributed by atoms with E-state index in [1.165, 1.54) is 6.07 Å². The van der Waals surface area contributed by atoms with Crippen LogP contribution in [0, 0.1) is 5.92 Å². The Morgan fingerprint density at radius 3 is 2.82 bits per heavy atom. The van der Waals surface area contributed by atoms with Crippen molar-refractivity contribution in [2.24, 2.45) is 11.7 Å². The maximum atomic E-state index is 12.0. The maximum absolute atomic E-state index is 12.0. The summed E-state index contributed by atoms with van der Waals surface area (Å²) in [7, 11) is 0. The Hall–Kier alpha value is -1.50. The van der Waals surface area contributed by atoms with Crippen molar-refractivity contribution >= 4 is 47.2 Å². The van der Waals surface area contributed by atoms with Crippen molar-refractivity contribution in [3.05, 3.63) is 17.2 Å². The summed E-state index contributed by atoms with van der Waals surface area (Å²) in [5.74, 6) is 0.245. The van der Waals surface area contributed by atoms with Crippen LogP contribution in [0.25, 0.3) is 0 Å². The number of nitrogens with one attached hydrogen (secondary N) is 2. The van der Waals surface area contributed by atoms with Gasteiger partial charge in [0.2, 0.25) is 5.91 Å². The van der Waals surface area contributed by atoms with Gasteiger partial charge in [-0.3, -0.25) is 9.59 Å². The molecule has 1 atom stereocenters. The molecule has 0 fully saturated rings. The summed E-state index contributed by atoms with van der Waals surface area (Å²) in [6.45, 7) is 3.93. The number of amides is 2. The van der Waals surface area contributed by atoms with Crippen molar-refractivity contribution in [1.82, 2.24) is 0 Å². The van der Waals surface area contributed by atoms with Crippen LogP contribution >= 0.6 is 24.0 Å². The predicted octanol–water partition coefficient (Wildman–Crippen LogP) is 2.40. The number of hydrogen-bond acceptors (Lipinski definition) is 4. The summed E-state index contributed by atoms with van der Waals surface area (Å²) in [5.41, 5.74) is 6.73. The fourth-order valence-electron chi connectivity index (χ4n) is 2.04. The van der Waals surface area contributed by atoms with E-state index in [4.69, 9.17) is 22.1 Å². The minimum Gasteiger partial charge on any atom is -0.482 e. The Labute approximate surface area is 140 Å². The molecule has 1 aromatic carbocycles. The number of ether oxygens (including phenoxy) is 1. The molecule has 0 unspecified atom stereocenters. The lowest BCUT2D eigenvalue weighted by atomic mass is 10.0. The first kappa shape index (κ1) is 18.5. The van der Waals surface area contributed by atoms with Crippen LogP contribution in [0.5, 0.6) is 5.75 Å². The zero-order chi connectivity index (χ0) is 15.6. The third-order valence-corrected chi connectivity index (χ3v) is 3.33. The topological polar surface area (TPSA) is 93.5 Å². The van der Waals surface area contributed by atoms with E-state index < -0.39 is 6.04 Å². The molecule has 8 heteroatoms. The van der Waals surface area contributed by atoms with Crippen LogP contribution in [0.3, 0.4) is 0 Å². The predicted molar refractivity (Wildman–Crippen MR) is 88.9 cm³/mol. The van der Waals surface area contributed by atoms with Gasteiger partial charge in [0.25, 0.3) is 5.91 Å². The second kappa shape index (κ2) is 7.67. The molecule has 0 spiro atoms. The van der Waals surface area contributed by atoms with Gasteiger partial charge in [0.05, 0.1) is 22.4 Å². The molecular weight excluding hydrogens is 329 g/mol. The van der Waals surface area contributed by atoms with Gasteiger partial charge < -0.3 is 21.1 Å². The quantitative estimate of drug-likeness (QED) is 0.779. The minimum atomic E-state index is -0.599. The fraction of sp³-hybridized carbons (Fsp3) is 0.429. The first-order valence-electron chi connectivity index (χ1n) is 6.69. The summed E-state index contributed by atoms with van der Waals surface area (Å²) in [4.78, 5) is 23.2. The molecule has 1 aliphatic rings. The molecule has 0 aliphatic carbocycles. The van der Waals surface area contributed by atoms with Crippen LogP contribution in [0.15, 0.2) is 12.1 Å². The molecule has 6 nitrogen and oxygen atoms in total. The molecular formula is C14H19Cl2N3O3. The molecule has 4 N–H and O–H groups in total. The molecule has 0 saturated carbocycles. The molecule has 1 heterocycles. The molecule has 2 amide bonds. The Bertz CT molecular complexity index is 579. The zero-order valence-electron chi connectivity index (χ0n) is 12.3. The van der Waals surface area contributed by atoms with E-state index in [9.17, 15) is 9.59 Å². The van der Waals surface area contributed by atoms with Gasteiger partial charge in [0.15, 0.2) is 6.61 Å². The molecule has 0 radical (unpaired) electrons. The third kappa shape index (κ3) is 4.50. The number of carbonyl (C=O) groups excluding carboxylic acids is 2. The normalized spacial score (nSPS) is 14.3. The highest BCUT2D eigenvalue weighted by Crippen LogP contribution is 2.36. The van der Waals surface area contributed by atoms with Crippen LogP contribution in [0.1, 0.15) is 20.3 Å². The van der Waals surface area contributed by atoms with Crippen molar-refractivity contribution in [2.75, 3.05) is 17.2 Å². The first-order valence-corrected chi connectivity index (χ1v) is 7.07. The number of nitrogens with two attached hydrogens (primary N) is 1. The van der Waals surface area contributed by atoms with Gasteiger partial charge in [0.1, 0.15) is 5.75 Å². The molecule has 0 bridgehead atoms. The number of fused-ring (bicyclic) bond motifs is 1. The first-order chi connectivity index (χ1) is 9.86. The molecule has 1 aromatic rings. The van der Waals surface area contributed by atoms with Crippen molar-refractivity contribution in [1.29, 1.82) is 0 Å². The zero-order valence-corrected chi connectivity index (χ0v) is 13.9. The molecule has 122 valence electrons. The highest BCUT2D eigenvalue weighted by molar-refractivity contribution is 6.34. The van der Waals surface area contributed by atoms with E-state index in [0.29, 0.717) is 34.5 Å². The summed E-state index contributed by atoms with van der Waals surface area (Å²) in [6.07, 6.45) is 0.584. The Balaban J connectivity index is 0.00000242. The SMILES string of the molecule is CC(C)C[C@H](N)C(=O)Nc1cc2c(cc1Cl)NC(=O)CO2.Cl. The molecule has 0 saturated heterocycles. The Kier molecular flexibility index (Phi) is 6.47. The maximum Gasteiger partial charge on any atom is 0.262 e. The van der Waals surface area contributed by atoms with Crippen molar-refractivity contribution in [2.45, 2.75) is 26.3 Å². The van der Waals surface area contributed by atoms with Crippen LogP contribution in [-0.4, -0.2) is 24.5 Å². The lowest BCUT2D eigenvalue weighted by molar-refractivity contribution is -0.119. The second-order valence-electron chi connectivity index (χ2n) is 5.39. The van der Waals surface area contributed by atoms with Gasteiger partial charge in [0, 0.05) is 6.07 Å². The van der Waals surface area contributed by atoms with E-state index in [-0.39, 0.29) is 30.8 Å². The lowest BCUT2D eigenvalue weighted by Crippen LogP contribution is -2.36. The van der Waals surface area contributed by atoms with E-state index >= 15 is 0 Å². The molecule has 0 aromatic heterocycles. The molecule has 22 heavy (non-hydrogen) atoms. The van der Waals surface area contributed by atoms with Gasteiger partial charge in [-0.05, 0) is 18.4 Å². The van der Waals surface area contributed by atoms with Gasteiger partial charge >= 0.3 is 0 Å². The number of anilines is 2. The summed E-state index contributed by atoms with van der Waals surface area (Å²) in [6, 6.07) is 2.52. The van der Waals surface area contributed by atoms with E-state index in [0.717, 1.165) is 0 Å². The third-order valence-electron chi connectivity index (χ3n) is 3.02. The lowest BCUT2D eigenvalue weighted by Gasteiger charge is -2.20. The van der Waals surface area contributed by atoms with Gasteiger partial charge in [-0.25, -0.2) is 0 Å². The van der Waals surface area contributed by atoms with Crippen molar-refractivity contribution < 1.29 is 14.3 Å². The average molecular weight is 348 g/mol. The van der Waals surface area contributed by atoms with Crippen molar-refractivity contribution in [3.8, 4) is 5.75 Å². The van der Waals surface area contributed by atoms with Gasteiger partial charge in [-0.1, -0.05) is 25.4 Å².